The fourth-order valence-corrected chi connectivity index (χ4v) is 3.01. The highest BCUT2D eigenvalue weighted by Crippen LogP contribution is 2.21. The van der Waals surface area contributed by atoms with E-state index in [9.17, 15) is 0 Å². The van der Waals surface area contributed by atoms with Crippen molar-refractivity contribution in [2.45, 2.75) is 38.3 Å². The van der Waals surface area contributed by atoms with Crippen molar-refractivity contribution < 1.29 is 0 Å². The molecule has 3 rings (SSSR count). The Balaban J connectivity index is 1.72. The normalized spacial score (nSPS) is 22.5. The molecule has 1 saturated heterocycles. The van der Waals surface area contributed by atoms with Gasteiger partial charge in [-0.25, -0.2) is 0 Å². The predicted molar refractivity (Wildman–Crippen MR) is 87.3 cm³/mol. The number of piperidine rings is 1. The van der Waals surface area contributed by atoms with E-state index in [4.69, 9.17) is 5.73 Å². The first-order valence-electron chi connectivity index (χ1n) is 7.31. The lowest BCUT2D eigenvalue weighted by Crippen LogP contribution is -2.50. The SMILES string of the molecule is CC1C(N)CCCN1c1n[nH]c(Cc2ccc(Br)cc2)n1. The number of anilines is 1. The second kappa shape index (κ2) is 6.15. The Morgan fingerprint density at radius 1 is 1.38 bits per heavy atom. The molecule has 6 heteroatoms. The van der Waals surface area contributed by atoms with E-state index in [1.165, 1.54) is 5.56 Å². The molecule has 0 aliphatic carbocycles. The third-order valence-electron chi connectivity index (χ3n) is 4.11. The quantitative estimate of drug-likeness (QED) is 0.892. The summed E-state index contributed by atoms with van der Waals surface area (Å²) in [5, 5.41) is 7.41. The van der Waals surface area contributed by atoms with Crippen LogP contribution in [0.15, 0.2) is 28.7 Å². The van der Waals surface area contributed by atoms with Crippen LogP contribution < -0.4 is 10.6 Å². The predicted octanol–water partition coefficient (Wildman–Crippen LogP) is 2.47. The lowest BCUT2D eigenvalue weighted by atomic mass is 9.99. The second-order valence-corrected chi connectivity index (χ2v) is 6.54. The van der Waals surface area contributed by atoms with Crippen LogP contribution in [-0.2, 0) is 6.42 Å². The van der Waals surface area contributed by atoms with Crippen molar-refractivity contribution in [3.63, 3.8) is 0 Å². The lowest BCUT2D eigenvalue weighted by molar-refractivity contribution is 0.416. The number of nitrogens with two attached hydrogens (primary N) is 1. The summed E-state index contributed by atoms with van der Waals surface area (Å²) in [6.45, 7) is 3.12. The number of rotatable bonds is 3. The summed E-state index contributed by atoms with van der Waals surface area (Å²) in [6, 6.07) is 8.75. The van der Waals surface area contributed by atoms with Gasteiger partial charge in [0.2, 0.25) is 5.95 Å². The summed E-state index contributed by atoms with van der Waals surface area (Å²) in [4.78, 5) is 6.83. The largest absolute Gasteiger partial charge is 0.335 e. The number of H-pyrrole nitrogens is 1. The van der Waals surface area contributed by atoms with Crippen molar-refractivity contribution in [3.8, 4) is 0 Å². The average molecular weight is 350 g/mol. The molecule has 112 valence electrons. The van der Waals surface area contributed by atoms with Gasteiger partial charge in [-0.2, -0.15) is 4.98 Å². The highest BCUT2D eigenvalue weighted by atomic mass is 79.9. The van der Waals surface area contributed by atoms with E-state index < -0.39 is 0 Å². The maximum Gasteiger partial charge on any atom is 0.245 e. The van der Waals surface area contributed by atoms with E-state index in [1.54, 1.807) is 0 Å². The molecule has 0 spiro atoms. The van der Waals surface area contributed by atoms with Gasteiger partial charge < -0.3 is 10.6 Å². The Bertz CT molecular complexity index is 594. The number of nitrogens with one attached hydrogen (secondary N) is 1. The highest BCUT2D eigenvalue weighted by Gasteiger charge is 2.27. The molecule has 21 heavy (non-hydrogen) atoms. The summed E-state index contributed by atoms with van der Waals surface area (Å²) in [5.41, 5.74) is 7.35. The first-order chi connectivity index (χ1) is 10.1. The number of aromatic amines is 1. The van der Waals surface area contributed by atoms with Gasteiger partial charge in [-0.1, -0.05) is 28.1 Å². The van der Waals surface area contributed by atoms with Crippen molar-refractivity contribution in [2.75, 3.05) is 11.4 Å². The first kappa shape index (κ1) is 14.5. The highest BCUT2D eigenvalue weighted by molar-refractivity contribution is 9.10. The van der Waals surface area contributed by atoms with E-state index in [2.05, 4.69) is 55.1 Å². The molecule has 2 aromatic rings. The molecule has 2 atom stereocenters. The minimum absolute atomic E-state index is 0.201. The molecule has 1 aromatic carbocycles. The fourth-order valence-electron chi connectivity index (χ4n) is 2.74. The Hall–Kier alpha value is -1.40. The van der Waals surface area contributed by atoms with Crippen LogP contribution in [0.1, 0.15) is 31.2 Å². The molecule has 5 nitrogen and oxygen atoms in total. The van der Waals surface area contributed by atoms with Gasteiger partial charge in [0.1, 0.15) is 5.82 Å². The number of halogens is 1. The molecule has 0 radical (unpaired) electrons. The van der Waals surface area contributed by atoms with Crippen LogP contribution in [0.4, 0.5) is 5.95 Å². The smallest absolute Gasteiger partial charge is 0.245 e. The third-order valence-corrected chi connectivity index (χ3v) is 4.64. The Morgan fingerprint density at radius 3 is 2.90 bits per heavy atom. The molecule has 0 amide bonds. The molecule has 2 heterocycles. The lowest BCUT2D eigenvalue weighted by Gasteiger charge is -2.36. The molecular weight excluding hydrogens is 330 g/mol. The molecule has 3 N–H and O–H groups in total. The van der Waals surface area contributed by atoms with Crippen LogP contribution in [0, 0.1) is 0 Å². The summed E-state index contributed by atoms with van der Waals surface area (Å²) in [7, 11) is 0. The molecule has 1 aromatic heterocycles. The van der Waals surface area contributed by atoms with Crippen LogP contribution in [0.25, 0.3) is 0 Å². The van der Waals surface area contributed by atoms with Crippen LogP contribution >= 0.6 is 15.9 Å². The fraction of sp³-hybridized carbons (Fsp3) is 0.467. The van der Waals surface area contributed by atoms with E-state index >= 15 is 0 Å². The first-order valence-corrected chi connectivity index (χ1v) is 8.11. The van der Waals surface area contributed by atoms with Gasteiger partial charge in [0.15, 0.2) is 0 Å². The van der Waals surface area contributed by atoms with Crippen molar-refractivity contribution in [1.29, 1.82) is 0 Å². The van der Waals surface area contributed by atoms with E-state index in [0.717, 1.165) is 42.1 Å². The molecule has 1 fully saturated rings. The Kier molecular flexibility index (Phi) is 4.26. The molecular formula is C15H20BrN5. The summed E-state index contributed by atoms with van der Waals surface area (Å²) >= 11 is 3.44. The number of hydrogen-bond donors (Lipinski definition) is 2. The van der Waals surface area contributed by atoms with Crippen molar-refractivity contribution in [3.05, 3.63) is 40.1 Å². The van der Waals surface area contributed by atoms with Gasteiger partial charge in [-0.05, 0) is 37.5 Å². The van der Waals surface area contributed by atoms with Gasteiger partial charge in [-0.3, -0.25) is 5.10 Å². The van der Waals surface area contributed by atoms with E-state index in [-0.39, 0.29) is 12.1 Å². The monoisotopic (exact) mass is 349 g/mol. The second-order valence-electron chi connectivity index (χ2n) is 5.63. The maximum absolute atomic E-state index is 6.14. The number of benzene rings is 1. The Labute approximate surface area is 133 Å². The number of aromatic nitrogens is 3. The van der Waals surface area contributed by atoms with E-state index in [0.29, 0.717) is 0 Å². The standard InChI is InChI=1S/C15H20BrN5/c1-10-13(17)3-2-8-21(10)15-18-14(19-20-15)9-11-4-6-12(16)7-5-11/h4-7,10,13H,2-3,8-9,17H2,1H3,(H,18,19,20). The maximum atomic E-state index is 6.14. The van der Waals surface area contributed by atoms with Crippen LogP contribution in [0.3, 0.4) is 0 Å². The Morgan fingerprint density at radius 2 is 2.14 bits per heavy atom. The third kappa shape index (κ3) is 3.27. The molecule has 0 bridgehead atoms. The van der Waals surface area contributed by atoms with Crippen LogP contribution in [-0.4, -0.2) is 33.8 Å². The topological polar surface area (TPSA) is 70.8 Å². The van der Waals surface area contributed by atoms with Crippen LogP contribution in [0.5, 0.6) is 0 Å². The summed E-state index contributed by atoms with van der Waals surface area (Å²) in [5.74, 6) is 1.66. The van der Waals surface area contributed by atoms with Crippen molar-refractivity contribution in [1.82, 2.24) is 15.2 Å². The zero-order chi connectivity index (χ0) is 14.8. The molecule has 1 aliphatic heterocycles. The van der Waals surface area contributed by atoms with Gasteiger partial charge in [0.25, 0.3) is 0 Å². The van der Waals surface area contributed by atoms with Crippen LogP contribution in [0.2, 0.25) is 0 Å². The average Bonchev–Trinajstić information content (AvgIpc) is 2.93. The zero-order valence-corrected chi connectivity index (χ0v) is 13.7. The number of hydrogen-bond acceptors (Lipinski definition) is 4. The summed E-state index contributed by atoms with van der Waals surface area (Å²) < 4.78 is 1.08. The molecule has 1 aliphatic rings. The van der Waals surface area contributed by atoms with E-state index in [1.807, 2.05) is 12.1 Å². The van der Waals surface area contributed by atoms with Crippen molar-refractivity contribution >= 4 is 21.9 Å². The van der Waals surface area contributed by atoms with Gasteiger partial charge in [0.05, 0.1) is 0 Å². The van der Waals surface area contributed by atoms with Crippen molar-refractivity contribution in [2.24, 2.45) is 5.73 Å². The van der Waals surface area contributed by atoms with Gasteiger partial charge >= 0.3 is 0 Å². The summed E-state index contributed by atoms with van der Waals surface area (Å²) in [6.07, 6.45) is 2.94. The zero-order valence-electron chi connectivity index (χ0n) is 12.1. The minimum atomic E-state index is 0.201. The number of nitrogens with zero attached hydrogens (tertiary/aromatic N) is 3. The minimum Gasteiger partial charge on any atom is -0.335 e. The van der Waals surface area contributed by atoms with Gasteiger partial charge in [0, 0.05) is 29.5 Å². The van der Waals surface area contributed by atoms with Gasteiger partial charge in [-0.15, -0.1) is 5.10 Å². The molecule has 0 saturated carbocycles. The molecule has 2 unspecified atom stereocenters.